The van der Waals surface area contributed by atoms with Gasteiger partial charge in [-0.15, -0.1) is 0 Å². The number of benzene rings is 1. The van der Waals surface area contributed by atoms with E-state index in [2.05, 4.69) is 0 Å². The van der Waals surface area contributed by atoms with Crippen molar-refractivity contribution in [3.8, 4) is 5.75 Å². The molecule has 5 heteroatoms. The van der Waals surface area contributed by atoms with Crippen molar-refractivity contribution in [2.45, 2.75) is 32.7 Å². The minimum absolute atomic E-state index is 0.0210. The maximum Gasteiger partial charge on any atom is 0.303 e. The smallest absolute Gasteiger partial charge is 0.303 e. The van der Waals surface area contributed by atoms with Gasteiger partial charge in [-0.3, -0.25) is 4.79 Å². The predicted octanol–water partition coefficient (Wildman–Crippen LogP) is 2.83. The summed E-state index contributed by atoms with van der Waals surface area (Å²) in [7, 11) is 1.59. The van der Waals surface area contributed by atoms with E-state index in [9.17, 15) is 4.79 Å². The van der Waals surface area contributed by atoms with Crippen molar-refractivity contribution in [3.63, 3.8) is 0 Å². The van der Waals surface area contributed by atoms with Crippen LogP contribution in [0.2, 0.25) is 5.02 Å². The molecule has 0 saturated carbocycles. The molecule has 1 aromatic carbocycles. The Morgan fingerprint density at radius 2 is 2.17 bits per heavy atom. The van der Waals surface area contributed by atoms with E-state index in [0.717, 1.165) is 22.4 Å². The molecule has 3 N–H and O–H groups in total. The molecule has 1 aromatic rings. The van der Waals surface area contributed by atoms with E-state index in [1.165, 1.54) is 0 Å². The van der Waals surface area contributed by atoms with Gasteiger partial charge in [0.15, 0.2) is 0 Å². The fourth-order valence-electron chi connectivity index (χ4n) is 2.12. The van der Waals surface area contributed by atoms with Crippen molar-refractivity contribution in [1.29, 1.82) is 0 Å². The molecule has 1 atom stereocenters. The number of nitrogens with two attached hydrogens (primary N) is 1. The Labute approximate surface area is 112 Å². The molecule has 0 aliphatic rings. The van der Waals surface area contributed by atoms with E-state index >= 15 is 0 Å². The summed E-state index contributed by atoms with van der Waals surface area (Å²) in [4.78, 5) is 10.6. The minimum Gasteiger partial charge on any atom is -0.496 e. The zero-order valence-corrected chi connectivity index (χ0v) is 11.5. The molecule has 0 heterocycles. The Morgan fingerprint density at radius 1 is 1.56 bits per heavy atom. The molecule has 0 fully saturated rings. The van der Waals surface area contributed by atoms with Crippen LogP contribution >= 0.6 is 11.6 Å². The van der Waals surface area contributed by atoms with Crippen molar-refractivity contribution in [3.05, 3.63) is 27.8 Å². The van der Waals surface area contributed by atoms with Gasteiger partial charge in [-0.05, 0) is 43.0 Å². The van der Waals surface area contributed by atoms with Crippen LogP contribution in [-0.2, 0) is 4.79 Å². The Hall–Kier alpha value is -1.26. The van der Waals surface area contributed by atoms with E-state index in [-0.39, 0.29) is 6.42 Å². The fourth-order valence-corrected chi connectivity index (χ4v) is 2.57. The number of hydrogen-bond donors (Lipinski definition) is 2. The van der Waals surface area contributed by atoms with E-state index < -0.39 is 12.0 Å². The number of methoxy groups -OCH3 is 1. The van der Waals surface area contributed by atoms with Crippen LogP contribution in [0, 0.1) is 13.8 Å². The summed E-state index contributed by atoms with van der Waals surface area (Å²) in [5.74, 6) is -0.113. The average Bonchev–Trinajstić information content (AvgIpc) is 2.26. The molecule has 0 bridgehead atoms. The number of carboxylic acids is 1. The van der Waals surface area contributed by atoms with E-state index in [4.69, 9.17) is 27.2 Å². The van der Waals surface area contributed by atoms with Crippen molar-refractivity contribution in [2.24, 2.45) is 5.73 Å². The lowest BCUT2D eigenvalue weighted by molar-refractivity contribution is -0.137. The van der Waals surface area contributed by atoms with Crippen molar-refractivity contribution in [2.75, 3.05) is 7.11 Å². The fraction of sp³-hybridized carbons (Fsp3) is 0.462. The highest BCUT2D eigenvalue weighted by molar-refractivity contribution is 6.31. The number of rotatable bonds is 5. The topological polar surface area (TPSA) is 72.5 Å². The molecule has 0 aliphatic carbocycles. The molecule has 0 aliphatic heterocycles. The highest BCUT2D eigenvalue weighted by atomic mass is 35.5. The summed E-state index contributed by atoms with van der Waals surface area (Å²) in [5.41, 5.74) is 8.59. The summed E-state index contributed by atoms with van der Waals surface area (Å²) in [5, 5.41) is 9.24. The highest BCUT2D eigenvalue weighted by Crippen LogP contribution is 2.36. The van der Waals surface area contributed by atoms with Crippen LogP contribution in [0.25, 0.3) is 0 Å². The third-order valence-corrected chi connectivity index (χ3v) is 3.26. The molecule has 0 aromatic heterocycles. The molecular weight excluding hydrogens is 254 g/mol. The summed E-state index contributed by atoms with van der Waals surface area (Å²) < 4.78 is 5.32. The standard InChI is InChI=1S/C13H18ClNO3/c1-7-6-9(14)12(8(2)13(7)18-3)10(15)4-5-11(16)17/h6,10H,4-5,15H2,1-3H3,(H,16,17). The van der Waals surface area contributed by atoms with Gasteiger partial charge in [-0.2, -0.15) is 0 Å². The maximum absolute atomic E-state index is 10.6. The lowest BCUT2D eigenvalue weighted by Crippen LogP contribution is -2.15. The zero-order chi connectivity index (χ0) is 13.9. The monoisotopic (exact) mass is 271 g/mol. The molecule has 18 heavy (non-hydrogen) atoms. The third kappa shape index (κ3) is 3.15. The maximum atomic E-state index is 10.6. The molecule has 0 amide bonds. The van der Waals surface area contributed by atoms with Gasteiger partial charge in [-0.25, -0.2) is 0 Å². The van der Waals surface area contributed by atoms with E-state index in [0.29, 0.717) is 11.4 Å². The number of ether oxygens (including phenoxy) is 1. The van der Waals surface area contributed by atoms with Gasteiger partial charge in [0, 0.05) is 17.5 Å². The molecule has 0 radical (unpaired) electrons. The summed E-state index contributed by atoms with van der Waals surface area (Å²) in [6, 6.07) is 1.40. The second-order valence-corrected chi connectivity index (χ2v) is 4.69. The first-order chi connectivity index (χ1) is 8.38. The summed E-state index contributed by atoms with van der Waals surface area (Å²) in [6.45, 7) is 3.79. The quantitative estimate of drug-likeness (QED) is 0.864. The van der Waals surface area contributed by atoms with Gasteiger partial charge in [0.1, 0.15) is 5.75 Å². The van der Waals surface area contributed by atoms with Crippen LogP contribution in [0.4, 0.5) is 0 Å². The van der Waals surface area contributed by atoms with Crippen LogP contribution in [0.1, 0.15) is 35.6 Å². The van der Waals surface area contributed by atoms with E-state index in [1.54, 1.807) is 13.2 Å². The van der Waals surface area contributed by atoms with Crippen molar-refractivity contribution in [1.82, 2.24) is 0 Å². The number of aryl methyl sites for hydroxylation is 1. The number of hydrogen-bond acceptors (Lipinski definition) is 3. The third-order valence-electron chi connectivity index (χ3n) is 2.95. The average molecular weight is 272 g/mol. The molecular formula is C13H18ClNO3. The summed E-state index contributed by atoms with van der Waals surface area (Å²) in [6.07, 6.45) is 0.370. The molecule has 1 rings (SSSR count). The number of halogens is 1. The second-order valence-electron chi connectivity index (χ2n) is 4.29. The second kappa shape index (κ2) is 6.07. The first kappa shape index (κ1) is 14.8. The SMILES string of the molecule is COc1c(C)cc(Cl)c(C(N)CCC(=O)O)c1C. The molecule has 4 nitrogen and oxygen atoms in total. The van der Waals surface area contributed by atoms with Gasteiger partial charge in [0.05, 0.1) is 7.11 Å². The molecule has 0 saturated heterocycles. The first-order valence-electron chi connectivity index (χ1n) is 5.69. The number of aliphatic carboxylic acids is 1. The van der Waals surface area contributed by atoms with Gasteiger partial charge in [0.2, 0.25) is 0 Å². The van der Waals surface area contributed by atoms with E-state index in [1.807, 2.05) is 13.8 Å². The lowest BCUT2D eigenvalue weighted by atomic mass is 9.95. The van der Waals surface area contributed by atoms with Crippen LogP contribution in [-0.4, -0.2) is 18.2 Å². The van der Waals surface area contributed by atoms with Crippen LogP contribution in [0.15, 0.2) is 6.07 Å². The molecule has 0 spiro atoms. The Balaban J connectivity index is 3.11. The Morgan fingerprint density at radius 3 is 2.67 bits per heavy atom. The lowest BCUT2D eigenvalue weighted by Gasteiger charge is -2.19. The zero-order valence-electron chi connectivity index (χ0n) is 10.8. The predicted molar refractivity (Wildman–Crippen MR) is 71.3 cm³/mol. The van der Waals surface area contributed by atoms with Crippen LogP contribution in [0.5, 0.6) is 5.75 Å². The molecule has 100 valence electrons. The highest BCUT2D eigenvalue weighted by Gasteiger charge is 2.18. The van der Waals surface area contributed by atoms with Gasteiger partial charge < -0.3 is 15.6 Å². The van der Waals surface area contributed by atoms with Gasteiger partial charge in [0.25, 0.3) is 0 Å². The summed E-state index contributed by atoms with van der Waals surface area (Å²) >= 11 is 6.19. The van der Waals surface area contributed by atoms with Crippen molar-refractivity contribution < 1.29 is 14.6 Å². The first-order valence-corrected chi connectivity index (χ1v) is 6.07. The van der Waals surface area contributed by atoms with Gasteiger partial charge in [-0.1, -0.05) is 11.6 Å². The Bertz CT molecular complexity index is 460. The minimum atomic E-state index is -0.863. The van der Waals surface area contributed by atoms with Crippen LogP contribution < -0.4 is 10.5 Å². The van der Waals surface area contributed by atoms with Gasteiger partial charge >= 0.3 is 5.97 Å². The Kier molecular flexibility index (Phi) is 4.99. The van der Waals surface area contributed by atoms with Crippen molar-refractivity contribution >= 4 is 17.6 Å². The largest absolute Gasteiger partial charge is 0.496 e. The number of carbonyl (C=O) groups is 1. The number of carboxylic acid groups (broad SMARTS) is 1. The molecule has 1 unspecified atom stereocenters. The van der Waals surface area contributed by atoms with Crippen LogP contribution in [0.3, 0.4) is 0 Å². The normalized spacial score (nSPS) is 12.3.